The predicted molar refractivity (Wildman–Crippen MR) is 93.2 cm³/mol. The molecule has 4 heteroatoms. The van der Waals surface area contributed by atoms with Crippen LogP contribution in [-0.4, -0.2) is 36.5 Å². The number of hydrogen-bond donors (Lipinski definition) is 2. The Morgan fingerprint density at radius 2 is 2.14 bits per heavy atom. The van der Waals surface area contributed by atoms with Crippen molar-refractivity contribution in [1.29, 1.82) is 0 Å². The summed E-state index contributed by atoms with van der Waals surface area (Å²) in [5.74, 6) is 2.43. The van der Waals surface area contributed by atoms with Crippen molar-refractivity contribution in [2.45, 2.75) is 38.1 Å². The third-order valence-electron chi connectivity index (χ3n) is 4.93. The van der Waals surface area contributed by atoms with Gasteiger partial charge in [-0.05, 0) is 30.2 Å². The van der Waals surface area contributed by atoms with E-state index in [9.17, 15) is 4.79 Å². The quantitative estimate of drug-likeness (QED) is 0.847. The van der Waals surface area contributed by atoms with Gasteiger partial charge in [0, 0.05) is 37.1 Å². The lowest BCUT2D eigenvalue weighted by Crippen LogP contribution is -2.46. The van der Waals surface area contributed by atoms with Gasteiger partial charge in [0.1, 0.15) is 0 Å². The highest BCUT2D eigenvalue weighted by atomic mass is 32.2. The van der Waals surface area contributed by atoms with E-state index in [2.05, 4.69) is 41.0 Å². The summed E-state index contributed by atoms with van der Waals surface area (Å²) < 4.78 is 0. The van der Waals surface area contributed by atoms with Gasteiger partial charge in [-0.1, -0.05) is 36.8 Å². The SMILES string of the molecule is O=C(CC1CSCCN1)NCC1(Cc2ccccc2)CCC1. The van der Waals surface area contributed by atoms with Gasteiger partial charge in [-0.3, -0.25) is 4.79 Å². The van der Waals surface area contributed by atoms with Crippen LogP contribution >= 0.6 is 11.8 Å². The van der Waals surface area contributed by atoms with Crippen molar-refractivity contribution in [2.24, 2.45) is 5.41 Å². The van der Waals surface area contributed by atoms with Gasteiger partial charge >= 0.3 is 0 Å². The van der Waals surface area contributed by atoms with Gasteiger partial charge in [-0.15, -0.1) is 0 Å². The molecule has 1 saturated heterocycles. The number of carbonyl (C=O) groups excluding carboxylic acids is 1. The van der Waals surface area contributed by atoms with E-state index in [1.807, 2.05) is 11.8 Å². The van der Waals surface area contributed by atoms with E-state index in [0.29, 0.717) is 17.9 Å². The Kier molecular flexibility index (Phi) is 5.42. The number of thioether (sulfide) groups is 1. The first-order valence-electron chi connectivity index (χ1n) is 8.38. The highest BCUT2D eigenvalue weighted by Crippen LogP contribution is 2.43. The Labute approximate surface area is 137 Å². The molecule has 3 nitrogen and oxygen atoms in total. The highest BCUT2D eigenvalue weighted by Gasteiger charge is 2.37. The van der Waals surface area contributed by atoms with Gasteiger partial charge in [-0.2, -0.15) is 11.8 Å². The average Bonchev–Trinajstić information content (AvgIpc) is 2.52. The molecule has 1 amide bonds. The van der Waals surface area contributed by atoms with Crippen molar-refractivity contribution < 1.29 is 4.79 Å². The number of rotatable bonds is 6. The Morgan fingerprint density at radius 3 is 2.77 bits per heavy atom. The van der Waals surface area contributed by atoms with Crippen LogP contribution in [0.25, 0.3) is 0 Å². The zero-order valence-electron chi connectivity index (χ0n) is 13.1. The third kappa shape index (κ3) is 4.26. The molecule has 0 radical (unpaired) electrons. The van der Waals surface area contributed by atoms with Crippen molar-refractivity contribution >= 4 is 17.7 Å². The predicted octanol–water partition coefficient (Wildman–Crippen LogP) is 2.61. The van der Waals surface area contributed by atoms with E-state index in [4.69, 9.17) is 0 Å². The maximum atomic E-state index is 12.2. The number of amides is 1. The molecule has 1 aromatic carbocycles. The van der Waals surface area contributed by atoms with E-state index in [-0.39, 0.29) is 5.91 Å². The summed E-state index contributed by atoms with van der Waals surface area (Å²) >= 11 is 1.94. The van der Waals surface area contributed by atoms with Crippen LogP contribution in [0, 0.1) is 5.41 Å². The molecule has 2 aliphatic rings. The third-order valence-corrected chi connectivity index (χ3v) is 6.06. The summed E-state index contributed by atoms with van der Waals surface area (Å²) in [6.45, 7) is 1.86. The molecule has 1 aromatic rings. The van der Waals surface area contributed by atoms with Crippen molar-refractivity contribution in [3.05, 3.63) is 35.9 Å². The second-order valence-corrected chi connectivity index (χ2v) is 7.87. The van der Waals surface area contributed by atoms with Gasteiger partial charge in [0.05, 0.1) is 0 Å². The van der Waals surface area contributed by atoms with Crippen molar-refractivity contribution in [3.63, 3.8) is 0 Å². The number of nitrogens with one attached hydrogen (secondary N) is 2. The molecular formula is C18H26N2OS. The van der Waals surface area contributed by atoms with Gasteiger partial charge in [0.15, 0.2) is 0 Å². The molecule has 120 valence electrons. The summed E-state index contributed by atoms with van der Waals surface area (Å²) in [7, 11) is 0. The summed E-state index contributed by atoms with van der Waals surface area (Å²) in [5, 5.41) is 6.64. The van der Waals surface area contributed by atoms with Crippen LogP contribution < -0.4 is 10.6 Å². The van der Waals surface area contributed by atoms with Crippen LogP contribution in [0.1, 0.15) is 31.2 Å². The average molecular weight is 318 g/mol. The second kappa shape index (κ2) is 7.51. The lowest BCUT2D eigenvalue weighted by molar-refractivity contribution is -0.122. The van der Waals surface area contributed by atoms with E-state index < -0.39 is 0 Å². The minimum absolute atomic E-state index is 0.208. The molecular weight excluding hydrogens is 292 g/mol. The first kappa shape index (κ1) is 15.9. The molecule has 22 heavy (non-hydrogen) atoms. The lowest BCUT2D eigenvalue weighted by Gasteiger charge is -2.42. The molecule has 0 bridgehead atoms. The molecule has 3 rings (SSSR count). The van der Waals surface area contributed by atoms with Crippen LogP contribution in [0.3, 0.4) is 0 Å². The zero-order valence-corrected chi connectivity index (χ0v) is 14.0. The Morgan fingerprint density at radius 1 is 1.32 bits per heavy atom. The molecule has 1 heterocycles. The van der Waals surface area contributed by atoms with Crippen LogP contribution in [0.4, 0.5) is 0 Å². The molecule has 1 saturated carbocycles. The Bertz CT molecular complexity index is 481. The smallest absolute Gasteiger partial charge is 0.221 e. The molecule has 0 aromatic heterocycles. The van der Waals surface area contributed by atoms with Crippen molar-refractivity contribution in [2.75, 3.05) is 24.6 Å². The van der Waals surface area contributed by atoms with Gasteiger partial charge in [-0.25, -0.2) is 0 Å². The summed E-state index contributed by atoms with van der Waals surface area (Å²) in [6, 6.07) is 11.0. The Hall–Kier alpha value is -1.00. The molecule has 1 aliphatic carbocycles. The maximum Gasteiger partial charge on any atom is 0.221 e. The highest BCUT2D eigenvalue weighted by molar-refractivity contribution is 7.99. The fourth-order valence-corrected chi connectivity index (χ4v) is 4.40. The largest absolute Gasteiger partial charge is 0.355 e. The van der Waals surface area contributed by atoms with Crippen LogP contribution in [0.5, 0.6) is 0 Å². The number of hydrogen-bond acceptors (Lipinski definition) is 3. The summed E-state index contributed by atoms with van der Waals surface area (Å²) in [5.41, 5.74) is 1.69. The van der Waals surface area contributed by atoms with Gasteiger partial charge in [0.25, 0.3) is 0 Å². The van der Waals surface area contributed by atoms with Gasteiger partial charge in [0.2, 0.25) is 5.91 Å². The van der Waals surface area contributed by atoms with E-state index in [0.717, 1.165) is 31.0 Å². The minimum Gasteiger partial charge on any atom is -0.355 e. The standard InChI is InChI=1S/C18H26N2OS/c21-17(11-16-13-22-10-9-19-16)20-14-18(7-4-8-18)12-15-5-2-1-3-6-15/h1-3,5-6,16,19H,4,7-14H2,(H,20,21). The second-order valence-electron chi connectivity index (χ2n) is 6.72. The van der Waals surface area contributed by atoms with Crippen LogP contribution in [0.15, 0.2) is 30.3 Å². The first-order valence-corrected chi connectivity index (χ1v) is 9.53. The molecule has 1 unspecified atom stereocenters. The summed E-state index contributed by atoms with van der Waals surface area (Å²) in [4.78, 5) is 12.2. The normalized spacial score (nSPS) is 23.5. The van der Waals surface area contributed by atoms with Crippen molar-refractivity contribution in [3.8, 4) is 0 Å². The van der Waals surface area contributed by atoms with Crippen LogP contribution in [-0.2, 0) is 11.2 Å². The molecule has 0 spiro atoms. The first-order chi connectivity index (χ1) is 10.8. The molecule has 1 aliphatic heterocycles. The van der Waals surface area contributed by atoms with E-state index in [1.54, 1.807) is 0 Å². The molecule has 1 atom stereocenters. The van der Waals surface area contributed by atoms with Crippen molar-refractivity contribution in [1.82, 2.24) is 10.6 Å². The topological polar surface area (TPSA) is 41.1 Å². The maximum absolute atomic E-state index is 12.2. The fourth-order valence-electron chi connectivity index (χ4n) is 3.45. The monoisotopic (exact) mass is 318 g/mol. The number of carbonyl (C=O) groups is 1. The number of benzene rings is 1. The van der Waals surface area contributed by atoms with E-state index in [1.165, 1.54) is 24.8 Å². The van der Waals surface area contributed by atoms with Gasteiger partial charge < -0.3 is 10.6 Å². The summed E-state index contributed by atoms with van der Waals surface area (Å²) in [6.07, 6.45) is 5.48. The van der Waals surface area contributed by atoms with E-state index >= 15 is 0 Å². The zero-order chi connectivity index (χ0) is 15.3. The lowest BCUT2D eigenvalue weighted by atomic mass is 9.65. The molecule has 2 fully saturated rings. The minimum atomic E-state index is 0.208. The fraction of sp³-hybridized carbons (Fsp3) is 0.611. The molecule has 2 N–H and O–H groups in total. The van der Waals surface area contributed by atoms with Crippen LogP contribution in [0.2, 0.25) is 0 Å². The Balaban J connectivity index is 1.47.